The molecule has 54 heavy (non-hydrogen) atoms. The molecule has 0 aromatic heterocycles. The molecular formula is C54H38. The maximum absolute atomic E-state index is 2.50. The zero-order valence-corrected chi connectivity index (χ0v) is 29.9. The molecule has 0 fully saturated rings. The van der Waals surface area contributed by atoms with Crippen molar-refractivity contribution in [1.29, 1.82) is 0 Å². The predicted molar refractivity (Wildman–Crippen MR) is 226 cm³/mol. The molecule has 10 rings (SSSR count). The van der Waals surface area contributed by atoms with Gasteiger partial charge < -0.3 is 0 Å². The van der Waals surface area contributed by atoms with E-state index in [1.807, 2.05) is 0 Å². The molecule has 0 amide bonds. The number of hydrogen-bond acceptors (Lipinski definition) is 0. The maximum Gasteiger partial charge on any atom is 0.0719 e. The second kappa shape index (κ2) is 13.3. The van der Waals surface area contributed by atoms with Crippen LogP contribution in [-0.4, -0.2) is 0 Å². The third-order valence-corrected chi connectivity index (χ3v) is 11.5. The van der Waals surface area contributed by atoms with Crippen LogP contribution in [0.25, 0.3) is 44.2 Å². The largest absolute Gasteiger partial charge is 0.0719 e. The van der Waals surface area contributed by atoms with Crippen molar-refractivity contribution in [2.45, 2.75) is 11.3 Å². The molecule has 9 aromatic carbocycles. The van der Waals surface area contributed by atoms with Crippen molar-refractivity contribution in [3.63, 3.8) is 0 Å². The lowest BCUT2D eigenvalue weighted by Gasteiger charge is -2.35. The van der Waals surface area contributed by atoms with E-state index in [4.69, 9.17) is 0 Å². The minimum absolute atomic E-state index is 0.00738. The van der Waals surface area contributed by atoms with E-state index >= 15 is 0 Å². The van der Waals surface area contributed by atoms with Crippen LogP contribution in [0.15, 0.2) is 224 Å². The van der Waals surface area contributed by atoms with Gasteiger partial charge >= 0.3 is 0 Å². The van der Waals surface area contributed by atoms with Crippen LogP contribution in [0, 0.1) is 0 Å². The van der Waals surface area contributed by atoms with Gasteiger partial charge in [0.05, 0.1) is 5.41 Å². The molecule has 0 saturated heterocycles. The Hall–Kier alpha value is -6.76. The van der Waals surface area contributed by atoms with Gasteiger partial charge in [0.2, 0.25) is 0 Å². The molecule has 0 heterocycles. The van der Waals surface area contributed by atoms with E-state index in [-0.39, 0.29) is 5.92 Å². The van der Waals surface area contributed by atoms with Crippen LogP contribution in [0.2, 0.25) is 0 Å². The van der Waals surface area contributed by atoms with Gasteiger partial charge in [0.15, 0.2) is 0 Å². The van der Waals surface area contributed by atoms with E-state index in [2.05, 4.69) is 224 Å². The van der Waals surface area contributed by atoms with Gasteiger partial charge in [0, 0.05) is 5.92 Å². The fourth-order valence-electron chi connectivity index (χ4n) is 9.16. The Balaban J connectivity index is 1.23. The quantitative estimate of drug-likeness (QED) is 0.146. The molecule has 0 saturated carbocycles. The minimum Gasteiger partial charge on any atom is -0.0622 e. The summed E-state index contributed by atoms with van der Waals surface area (Å²) >= 11 is 0. The molecule has 0 N–H and O–H groups in total. The Labute approximate surface area is 317 Å². The molecule has 2 atom stereocenters. The fourth-order valence-corrected chi connectivity index (χ4v) is 9.16. The second-order valence-electron chi connectivity index (χ2n) is 14.4. The van der Waals surface area contributed by atoms with Crippen LogP contribution in [0.1, 0.15) is 44.9 Å². The molecule has 9 aromatic rings. The van der Waals surface area contributed by atoms with Gasteiger partial charge in [-0.05, 0) is 89.2 Å². The highest BCUT2D eigenvalue weighted by Gasteiger charge is 2.47. The lowest BCUT2D eigenvalue weighted by Crippen LogP contribution is -2.29. The standard InChI is InChI=1S/C54H38/c1-4-17-38(18-5-1)39-31-33-42(34-32-39)53(48-28-13-12-25-45(48)40-19-6-2-7-20-40)43-35-36-52-49(37-43)47-27-14-15-29-51(47)54(52,44-23-8-3-9-24-44)50-30-16-22-41-21-10-11-26-46(41)50/h1-37,53H. The Kier molecular flexibility index (Phi) is 7.89. The summed E-state index contributed by atoms with van der Waals surface area (Å²) < 4.78 is 0. The fraction of sp³-hybridized carbons (Fsp3) is 0.0370. The molecule has 254 valence electrons. The smallest absolute Gasteiger partial charge is 0.0622 e. The van der Waals surface area contributed by atoms with E-state index in [9.17, 15) is 0 Å². The summed E-state index contributed by atoms with van der Waals surface area (Å²) in [6, 6.07) is 82.9. The highest BCUT2D eigenvalue weighted by Crippen LogP contribution is 2.58. The molecule has 0 bridgehead atoms. The van der Waals surface area contributed by atoms with Crippen molar-refractivity contribution in [1.82, 2.24) is 0 Å². The van der Waals surface area contributed by atoms with Gasteiger partial charge in [-0.3, -0.25) is 0 Å². The summed E-state index contributed by atoms with van der Waals surface area (Å²) in [5.74, 6) is 0.00738. The Morgan fingerprint density at radius 1 is 0.315 bits per heavy atom. The third-order valence-electron chi connectivity index (χ3n) is 11.5. The first kappa shape index (κ1) is 31.9. The highest BCUT2D eigenvalue weighted by atomic mass is 14.5. The first-order valence-electron chi connectivity index (χ1n) is 18.9. The van der Waals surface area contributed by atoms with Gasteiger partial charge in [-0.15, -0.1) is 0 Å². The number of benzene rings is 9. The maximum atomic E-state index is 2.50. The summed E-state index contributed by atoms with van der Waals surface area (Å²) in [7, 11) is 0. The number of fused-ring (bicyclic) bond motifs is 4. The predicted octanol–water partition coefficient (Wildman–Crippen LogP) is 13.7. The Morgan fingerprint density at radius 2 is 0.852 bits per heavy atom. The van der Waals surface area contributed by atoms with Gasteiger partial charge in [-0.1, -0.05) is 218 Å². The zero-order chi connectivity index (χ0) is 35.9. The molecule has 1 aliphatic carbocycles. The van der Waals surface area contributed by atoms with Crippen molar-refractivity contribution in [3.05, 3.63) is 263 Å². The molecule has 0 heteroatoms. The van der Waals surface area contributed by atoms with E-state index < -0.39 is 5.41 Å². The van der Waals surface area contributed by atoms with Crippen molar-refractivity contribution < 1.29 is 0 Å². The van der Waals surface area contributed by atoms with Crippen LogP contribution in [0.4, 0.5) is 0 Å². The van der Waals surface area contributed by atoms with Crippen molar-refractivity contribution >= 4 is 10.8 Å². The molecule has 0 radical (unpaired) electrons. The van der Waals surface area contributed by atoms with Crippen LogP contribution >= 0.6 is 0 Å². The summed E-state index contributed by atoms with van der Waals surface area (Å²) in [5, 5.41) is 2.54. The average molecular weight is 687 g/mol. The van der Waals surface area contributed by atoms with E-state index in [0.717, 1.165) is 0 Å². The summed E-state index contributed by atoms with van der Waals surface area (Å²) in [5.41, 5.74) is 16.1. The first-order valence-corrected chi connectivity index (χ1v) is 18.9. The molecule has 0 spiro atoms. The first-order chi connectivity index (χ1) is 26.8. The summed E-state index contributed by atoms with van der Waals surface area (Å²) in [4.78, 5) is 0. The Bertz CT molecular complexity index is 2740. The van der Waals surface area contributed by atoms with Gasteiger partial charge in [0.25, 0.3) is 0 Å². The molecule has 2 unspecified atom stereocenters. The normalized spacial score (nSPS) is 15.0. The summed E-state index contributed by atoms with van der Waals surface area (Å²) in [6.45, 7) is 0. The number of rotatable bonds is 7. The van der Waals surface area contributed by atoms with E-state index in [1.54, 1.807) is 0 Å². The number of hydrogen-bond donors (Lipinski definition) is 0. The second-order valence-corrected chi connectivity index (χ2v) is 14.4. The van der Waals surface area contributed by atoms with Gasteiger partial charge in [0.1, 0.15) is 0 Å². The minimum atomic E-state index is -0.485. The molecule has 1 aliphatic rings. The lowest BCUT2D eigenvalue weighted by molar-refractivity contribution is 0.775. The Morgan fingerprint density at radius 3 is 1.63 bits per heavy atom. The monoisotopic (exact) mass is 686 g/mol. The van der Waals surface area contributed by atoms with Gasteiger partial charge in [-0.25, -0.2) is 0 Å². The lowest BCUT2D eigenvalue weighted by atomic mass is 9.66. The zero-order valence-electron chi connectivity index (χ0n) is 29.9. The topological polar surface area (TPSA) is 0 Å². The highest BCUT2D eigenvalue weighted by molar-refractivity contribution is 5.94. The van der Waals surface area contributed by atoms with E-state index in [0.29, 0.717) is 0 Å². The third kappa shape index (κ3) is 5.14. The van der Waals surface area contributed by atoms with Crippen LogP contribution < -0.4 is 0 Å². The van der Waals surface area contributed by atoms with Crippen LogP contribution in [0.3, 0.4) is 0 Å². The molecule has 0 aliphatic heterocycles. The SMILES string of the molecule is c1ccc(-c2ccc(C(c3ccc4c(c3)-c3ccccc3C4(c3ccccc3)c3cccc4ccccc34)c3ccccc3-c3ccccc3)cc2)cc1. The van der Waals surface area contributed by atoms with Crippen molar-refractivity contribution in [3.8, 4) is 33.4 Å². The molecular weight excluding hydrogens is 649 g/mol. The van der Waals surface area contributed by atoms with Gasteiger partial charge in [-0.2, -0.15) is 0 Å². The van der Waals surface area contributed by atoms with E-state index in [1.165, 1.54) is 83.1 Å². The summed E-state index contributed by atoms with van der Waals surface area (Å²) in [6.07, 6.45) is 0. The van der Waals surface area contributed by atoms with Crippen molar-refractivity contribution in [2.75, 3.05) is 0 Å². The molecule has 0 nitrogen and oxygen atoms in total. The van der Waals surface area contributed by atoms with Crippen LogP contribution in [0.5, 0.6) is 0 Å². The van der Waals surface area contributed by atoms with Crippen LogP contribution in [-0.2, 0) is 5.41 Å². The van der Waals surface area contributed by atoms with Crippen molar-refractivity contribution in [2.24, 2.45) is 0 Å². The average Bonchev–Trinajstić information content (AvgIpc) is 3.55.